The molecule has 0 aliphatic carbocycles. The number of halogens is 2. The highest BCUT2D eigenvalue weighted by atomic mass is 19.2. The zero-order valence-corrected chi connectivity index (χ0v) is 11.2. The van der Waals surface area contributed by atoms with Gasteiger partial charge in [-0.3, -0.25) is 5.84 Å². The van der Waals surface area contributed by atoms with E-state index < -0.39 is 17.7 Å². The molecule has 0 aliphatic rings. The van der Waals surface area contributed by atoms with Crippen molar-refractivity contribution in [2.75, 3.05) is 0 Å². The fraction of sp³-hybridized carbons (Fsp3) is 0.0588. The van der Waals surface area contributed by atoms with Gasteiger partial charge in [0.1, 0.15) is 0 Å². The van der Waals surface area contributed by atoms with Crippen molar-refractivity contribution in [1.29, 1.82) is 0 Å². The monoisotopic (exact) mass is 284 g/mol. The summed E-state index contributed by atoms with van der Waals surface area (Å²) >= 11 is 0. The average molecular weight is 284 g/mol. The molecule has 0 fully saturated rings. The lowest BCUT2D eigenvalue weighted by atomic mass is 9.96. The van der Waals surface area contributed by atoms with Crippen LogP contribution in [-0.2, 0) is 0 Å². The molecule has 4 heteroatoms. The summed E-state index contributed by atoms with van der Waals surface area (Å²) in [5.41, 5.74) is 4.12. The van der Waals surface area contributed by atoms with E-state index >= 15 is 0 Å². The molecule has 1 unspecified atom stereocenters. The molecule has 0 spiro atoms. The molecule has 106 valence electrons. The van der Waals surface area contributed by atoms with Crippen molar-refractivity contribution in [2.45, 2.75) is 6.04 Å². The van der Waals surface area contributed by atoms with Crippen molar-refractivity contribution >= 4 is 10.8 Å². The molecule has 0 saturated heterocycles. The number of hydrogen-bond acceptors (Lipinski definition) is 2. The van der Waals surface area contributed by atoms with Crippen LogP contribution in [0, 0.1) is 11.6 Å². The predicted octanol–water partition coefficient (Wildman–Crippen LogP) is 3.67. The van der Waals surface area contributed by atoms with Crippen molar-refractivity contribution in [3.63, 3.8) is 0 Å². The summed E-state index contributed by atoms with van der Waals surface area (Å²) in [5, 5.41) is 2.18. The van der Waals surface area contributed by atoms with E-state index in [2.05, 4.69) is 5.43 Å². The number of nitrogens with one attached hydrogen (secondary N) is 1. The molecule has 1 atom stereocenters. The maximum atomic E-state index is 13.4. The Hall–Kier alpha value is -2.30. The van der Waals surface area contributed by atoms with Gasteiger partial charge in [-0.1, -0.05) is 42.5 Å². The first-order chi connectivity index (χ1) is 10.2. The topological polar surface area (TPSA) is 38.0 Å². The first-order valence-electron chi connectivity index (χ1n) is 6.59. The summed E-state index contributed by atoms with van der Waals surface area (Å²) in [6.45, 7) is 0. The molecular weight excluding hydrogens is 270 g/mol. The van der Waals surface area contributed by atoms with Crippen LogP contribution in [0.25, 0.3) is 10.8 Å². The molecular formula is C17H14F2N2. The lowest BCUT2D eigenvalue weighted by molar-refractivity contribution is 0.504. The fourth-order valence-corrected chi connectivity index (χ4v) is 2.46. The summed E-state index contributed by atoms with van der Waals surface area (Å²) in [6, 6.07) is 17.2. The van der Waals surface area contributed by atoms with Crippen LogP contribution in [0.2, 0.25) is 0 Å². The van der Waals surface area contributed by atoms with Gasteiger partial charge in [0.2, 0.25) is 0 Å². The van der Waals surface area contributed by atoms with Crippen LogP contribution in [-0.4, -0.2) is 0 Å². The molecule has 21 heavy (non-hydrogen) atoms. The maximum Gasteiger partial charge on any atom is 0.159 e. The highest BCUT2D eigenvalue weighted by molar-refractivity contribution is 5.83. The number of nitrogens with two attached hydrogens (primary N) is 1. The van der Waals surface area contributed by atoms with Crippen LogP contribution in [0.5, 0.6) is 0 Å². The number of hydrazine groups is 1. The molecule has 3 N–H and O–H groups in total. The van der Waals surface area contributed by atoms with E-state index in [1.807, 2.05) is 42.5 Å². The summed E-state index contributed by atoms with van der Waals surface area (Å²) < 4.78 is 26.5. The molecule has 0 bridgehead atoms. The van der Waals surface area contributed by atoms with Crippen LogP contribution >= 0.6 is 0 Å². The average Bonchev–Trinajstić information content (AvgIpc) is 2.51. The summed E-state index contributed by atoms with van der Waals surface area (Å²) in [4.78, 5) is 0. The first kappa shape index (κ1) is 13.7. The van der Waals surface area contributed by atoms with E-state index in [-0.39, 0.29) is 0 Å². The van der Waals surface area contributed by atoms with Gasteiger partial charge < -0.3 is 0 Å². The van der Waals surface area contributed by atoms with E-state index in [0.29, 0.717) is 5.56 Å². The predicted molar refractivity (Wildman–Crippen MR) is 79.5 cm³/mol. The molecule has 0 amide bonds. The van der Waals surface area contributed by atoms with Crippen LogP contribution in [0.3, 0.4) is 0 Å². The smallest absolute Gasteiger partial charge is 0.159 e. The Bertz CT molecular complexity index is 787. The van der Waals surface area contributed by atoms with Crippen molar-refractivity contribution in [3.8, 4) is 0 Å². The normalized spacial score (nSPS) is 12.5. The third-order valence-corrected chi connectivity index (χ3v) is 3.55. The molecule has 3 aromatic rings. The van der Waals surface area contributed by atoms with Crippen LogP contribution in [0.15, 0.2) is 60.7 Å². The second-order valence-electron chi connectivity index (χ2n) is 4.88. The number of fused-ring (bicyclic) bond motifs is 1. The zero-order valence-electron chi connectivity index (χ0n) is 11.2. The lowest BCUT2D eigenvalue weighted by Crippen LogP contribution is -2.28. The summed E-state index contributed by atoms with van der Waals surface area (Å²) in [5.74, 6) is 3.85. The van der Waals surface area contributed by atoms with Gasteiger partial charge in [0.25, 0.3) is 0 Å². The Morgan fingerprint density at radius 3 is 2.14 bits per heavy atom. The Kier molecular flexibility index (Phi) is 3.64. The second-order valence-corrected chi connectivity index (χ2v) is 4.88. The van der Waals surface area contributed by atoms with E-state index in [4.69, 9.17) is 5.84 Å². The maximum absolute atomic E-state index is 13.4. The van der Waals surface area contributed by atoms with Crippen molar-refractivity contribution in [2.24, 2.45) is 5.84 Å². The zero-order chi connectivity index (χ0) is 14.8. The van der Waals surface area contributed by atoms with Gasteiger partial charge in [-0.25, -0.2) is 14.2 Å². The Balaban J connectivity index is 2.06. The molecule has 2 nitrogen and oxygen atoms in total. The minimum atomic E-state index is -0.881. The third kappa shape index (κ3) is 2.63. The van der Waals surface area contributed by atoms with E-state index in [1.165, 1.54) is 6.07 Å². The molecule has 0 heterocycles. The lowest BCUT2D eigenvalue weighted by Gasteiger charge is -2.17. The minimum Gasteiger partial charge on any atom is -0.271 e. The molecule has 3 rings (SSSR count). The Labute approximate surface area is 121 Å². The van der Waals surface area contributed by atoms with Gasteiger partial charge in [-0.15, -0.1) is 0 Å². The molecule has 3 aromatic carbocycles. The van der Waals surface area contributed by atoms with Crippen molar-refractivity contribution < 1.29 is 8.78 Å². The van der Waals surface area contributed by atoms with E-state index in [9.17, 15) is 8.78 Å². The molecule has 0 aromatic heterocycles. The van der Waals surface area contributed by atoms with Gasteiger partial charge in [-0.2, -0.15) is 0 Å². The standard InChI is InChI=1S/C17H14F2N2/c18-15-8-7-14(10-16(15)19)17(21-20)13-6-5-11-3-1-2-4-12(11)9-13/h1-10,17,21H,20H2. The van der Waals surface area contributed by atoms with Gasteiger partial charge in [-0.05, 0) is 40.1 Å². The van der Waals surface area contributed by atoms with Gasteiger partial charge in [0, 0.05) is 0 Å². The summed E-state index contributed by atoms with van der Waals surface area (Å²) in [7, 11) is 0. The SMILES string of the molecule is NNC(c1ccc(F)c(F)c1)c1ccc2ccccc2c1. The number of hydrogen-bond donors (Lipinski definition) is 2. The van der Waals surface area contributed by atoms with Crippen LogP contribution in [0.1, 0.15) is 17.2 Å². The highest BCUT2D eigenvalue weighted by Gasteiger charge is 2.15. The van der Waals surface area contributed by atoms with Crippen LogP contribution < -0.4 is 11.3 Å². The van der Waals surface area contributed by atoms with Crippen molar-refractivity contribution in [1.82, 2.24) is 5.43 Å². The quantitative estimate of drug-likeness (QED) is 0.569. The third-order valence-electron chi connectivity index (χ3n) is 3.55. The first-order valence-corrected chi connectivity index (χ1v) is 6.59. The molecule has 0 aliphatic heterocycles. The molecule has 0 radical (unpaired) electrons. The fourth-order valence-electron chi connectivity index (χ4n) is 2.46. The van der Waals surface area contributed by atoms with E-state index in [1.54, 1.807) is 0 Å². The Morgan fingerprint density at radius 1 is 0.762 bits per heavy atom. The van der Waals surface area contributed by atoms with Gasteiger partial charge >= 0.3 is 0 Å². The van der Waals surface area contributed by atoms with Crippen molar-refractivity contribution in [3.05, 3.63) is 83.4 Å². The second kappa shape index (κ2) is 5.60. The highest BCUT2D eigenvalue weighted by Crippen LogP contribution is 2.26. The molecule has 0 saturated carbocycles. The van der Waals surface area contributed by atoms with Gasteiger partial charge in [0.15, 0.2) is 11.6 Å². The Morgan fingerprint density at radius 2 is 1.43 bits per heavy atom. The minimum absolute atomic E-state index is 0.398. The number of benzene rings is 3. The van der Waals surface area contributed by atoms with Crippen LogP contribution in [0.4, 0.5) is 8.78 Å². The summed E-state index contributed by atoms with van der Waals surface area (Å²) in [6.07, 6.45) is 0. The largest absolute Gasteiger partial charge is 0.271 e. The van der Waals surface area contributed by atoms with Gasteiger partial charge in [0.05, 0.1) is 6.04 Å². The number of rotatable bonds is 3. The van der Waals surface area contributed by atoms with E-state index in [0.717, 1.165) is 28.5 Å².